The standard InChI is InChI=1S/C27H24ClF2NO6/c1-4-35-20(32)13-15-10-11-19(18(28)12-15)31-25(33)21-22(26(31)34)24(37-14-27(3,29)30)17-9-7-6-8-16(17)23(21)36-5-2/h6-12H,4-5,13-14H2,1-3H3. The molecule has 0 saturated heterocycles. The predicted molar refractivity (Wildman–Crippen MR) is 134 cm³/mol. The van der Waals surface area contributed by atoms with Crippen LogP contribution in [0.4, 0.5) is 14.5 Å². The number of benzene rings is 3. The lowest BCUT2D eigenvalue weighted by atomic mass is 9.99. The highest BCUT2D eigenvalue weighted by Crippen LogP contribution is 2.47. The molecule has 194 valence electrons. The van der Waals surface area contributed by atoms with Gasteiger partial charge in [0.2, 0.25) is 0 Å². The quantitative estimate of drug-likeness (QED) is 0.255. The Hall–Kier alpha value is -3.72. The zero-order chi connectivity index (χ0) is 26.9. The second kappa shape index (κ2) is 10.3. The van der Waals surface area contributed by atoms with E-state index in [1.807, 2.05) is 0 Å². The average Bonchev–Trinajstić information content (AvgIpc) is 3.08. The summed E-state index contributed by atoms with van der Waals surface area (Å²) in [7, 11) is 0. The number of ether oxygens (including phenoxy) is 3. The number of carbonyl (C=O) groups excluding carboxylic acids is 3. The summed E-state index contributed by atoms with van der Waals surface area (Å²) in [6.07, 6.45) is -0.0426. The zero-order valence-electron chi connectivity index (χ0n) is 20.4. The van der Waals surface area contributed by atoms with Crippen molar-refractivity contribution >= 4 is 45.8 Å². The summed E-state index contributed by atoms with van der Waals surface area (Å²) in [5, 5.41) is 0.839. The summed E-state index contributed by atoms with van der Waals surface area (Å²) in [4.78, 5) is 40.1. The first-order valence-corrected chi connectivity index (χ1v) is 12.0. The number of fused-ring (bicyclic) bond motifs is 2. The van der Waals surface area contributed by atoms with E-state index in [4.69, 9.17) is 25.8 Å². The molecule has 3 aromatic rings. The van der Waals surface area contributed by atoms with Gasteiger partial charge in [-0.2, -0.15) is 0 Å². The first-order valence-electron chi connectivity index (χ1n) is 11.6. The minimum atomic E-state index is -3.18. The number of alkyl halides is 2. The lowest BCUT2D eigenvalue weighted by Gasteiger charge is -2.18. The van der Waals surface area contributed by atoms with Gasteiger partial charge >= 0.3 is 5.97 Å². The molecule has 0 fully saturated rings. The molecule has 37 heavy (non-hydrogen) atoms. The first-order chi connectivity index (χ1) is 17.6. The fourth-order valence-corrected chi connectivity index (χ4v) is 4.47. The largest absolute Gasteiger partial charge is 0.492 e. The molecule has 0 unspecified atom stereocenters. The lowest BCUT2D eigenvalue weighted by Crippen LogP contribution is -2.30. The fraction of sp³-hybridized carbons (Fsp3) is 0.296. The number of amides is 2. The van der Waals surface area contributed by atoms with E-state index in [1.165, 1.54) is 12.1 Å². The molecule has 2 amide bonds. The maximum Gasteiger partial charge on any atom is 0.310 e. The van der Waals surface area contributed by atoms with Crippen LogP contribution >= 0.6 is 11.6 Å². The van der Waals surface area contributed by atoms with Gasteiger partial charge in [-0.15, -0.1) is 0 Å². The third-order valence-corrected chi connectivity index (χ3v) is 5.92. The minimum Gasteiger partial charge on any atom is -0.492 e. The van der Waals surface area contributed by atoms with E-state index in [0.717, 1.165) is 4.90 Å². The van der Waals surface area contributed by atoms with Crippen molar-refractivity contribution in [1.82, 2.24) is 0 Å². The Labute approximate surface area is 216 Å². The maximum atomic E-state index is 13.7. The minimum absolute atomic E-state index is 0.0426. The van der Waals surface area contributed by atoms with Gasteiger partial charge in [0.05, 0.1) is 41.5 Å². The molecule has 0 N–H and O–H groups in total. The molecule has 4 rings (SSSR count). The molecular formula is C27H24ClF2NO6. The van der Waals surface area contributed by atoms with Crippen molar-refractivity contribution in [1.29, 1.82) is 0 Å². The van der Waals surface area contributed by atoms with E-state index in [2.05, 4.69) is 0 Å². The summed E-state index contributed by atoms with van der Waals surface area (Å²) in [5.74, 6) is -5.14. The molecule has 0 atom stereocenters. The number of hydrogen-bond acceptors (Lipinski definition) is 6. The number of carbonyl (C=O) groups is 3. The summed E-state index contributed by atoms with van der Waals surface area (Å²) in [6.45, 7) is 3.53. The van der Waals surface area contributed by atoms with Crippen LogP contribution in [0.25, 0.3) is 10.8 Å². The summed E-state index contributed by atoms with van der Waals surface area (Å²) < 4.78 is 43.7. The number of anilines is 1. The van der Waals surface area contributed by atoms with Gasteiger partial charge in [-0.3, -0.25) is 14.4 Å². The summed E-state index contributed by atoms with van der Waals surface area (Å²) >= 11 is 6.45. The highest BCUT2D eigenvalue weighted by atomic mass is 35.5. The molecule has 1 aliphatic rings. The third kappa shape index (κ3) is 5.09. The molecule has 0 radical (unpaired) electrons. The normalized spacial score (nSPS) is 13.2. The molecule has 0 saturated carbocycles. The Bertz CT molecular complexity index is 1400. The number of halogens is 3. The van der Waals surface area contributed by atoms with Gasteiger partial charge in [-0.25, -0.2) is 13.7 Å². The van der Waals surface area contributed by atoms with E-state index in [-0.39, 0.29) is 53.0 Å². The van der Waals surface area contributed by atoms with Crippen molar-refractivity contribution in [2.45, 2.75) is 33.1 Å². The molecule has 10 heteroatoms. The summed E-state index contributed by atoms with van der Waals surface area (Å²) in [5.41, 5.74) is 0.326. The van der Waals surface area contributed by atoms with Crippen molar-refractivity contribution in [2.24, 2.45) is 0 Å². The van der Waals surface area contributed by atoms with Crippen LogP contribution in [0.3, 0.4) is 0 Å². The van der Waals surface area contributed by atoms with Gasteiger partial charge in [0.15, 0.2) is 6.61 Å². The van der Waals surface area contributed by atoms with E-state index >= 15 is 0 Å². The van der Waals surface area contributed by atoms with Crippen LogP contribution in [0.15, 0.2) is 42.5 Å². The Balaban J connectivity index is 1.86. The molecular weight excluding hydrogens is 508 g/mol. The monoisotopic (exact) mass is 531 g/mol. The van der Waals surface area contributed by atoms with Crippen molar-refractivity contribution in [3.63, 3.8) is 0 Å². The van der Waals surface area contributed by atoms with Crippen LogP contribution in [0.1, 0.15) is 47.1 Å². The van der Waals surface area contributed by atoms with Gasteiger partial charge in [0.1, 0.15) is 11.5 Å². The number of nitrogens with zero attached hydrogens (tertiary/aromatic N) is 1. The molecule has 0 aliphatic carbocycles. The lowest BCUT2D eigenvalue weighted by molar-refractivity contribution is -0.142. The Kier molecular flexibility index (Phi) is 7.36. The Morgan fingerprint density at radius 2 is 1.54 bits per heavy atom. The molecule has 7 nitrogen and oxygen atoms in total. The molecule has 3 aromatic carbocycles. The Morgan fingerprint density at radius 3 is 2.05 bits per heavy atom. The highest BCUT2D eigenvalue weighted by molar-refractivity contribution is 6.41. The smallest absolute Gasteiger partial charge is 0.310 e. The second-order valence-electron chi connectivity index (χ2n) is 8.46. The van der Waals surface area contributed by atoms with Crippen molar-refractivity contribution in [2.75, 3.05) is 24.7 Å². The van der Waals surface area contributed by atoms with E-state index in [0.29, 0.717) is 23.3 Å². The van der Waals surface area contributed by atoms with E-state index in [1.54, 1.807) is 44.2 Å². The van der Waals surface area contributed by atoms with E-state index in [9.17, 15) is 23.2 Å². The third-order valence-electron chi connectivity index (χ3n) is 5.62. The number of hydrogen-bond donors (Lipinski definition) is 0. The van der Waals surface area contributed by atoms with Gasteiger partial charge in [0, 0.05) is 17.7 Å². The topological polar surface area (TPSA) is 82.1 Å². The summed E-state index contributed by atoms with van der Waals surface area (Å²) in [6, 6.07) is 11.1. The molecule has 0 aromatic heterocycles. The van der Waals surface area contributed by atoms with Crippen LogP contribution in [0.5, 0.6) is 11.5 Å². The highest BCUT2D eigenvalue weighted by Gasteiger charge is 2.44. The number of rotatable bonds is 9. The van der Waals surface area contributed by atoms with Crippen molar-refractivity contribution in [3.05, 3.63) is 64.2 Å². The van der Waals surface area contributed by atoms with Gasteiger partial charge in [0.25, 0.3) is 17.7 Å². The molecule has 0 spiro atoms. The van der Waals surface area contributed by atoms with Crippen LogP contribution in [-0.2, 0) is 16.0 Å². The zero-order valence-corrected chi connectivity index (χ0v) is 21.2. The molecule has 1 heterocycles. The van der Waals surface area contributed by atoms with Crippen LogP contribution < -0.4 is 14.4 Å². The van der Waals surface area contributed by atoms with Gasteiger partial charge in [-0.1, -0.05) is 41.9 Å². The van der Waals surface area contributed by atoms with E-state index < -0.39 is 30.3 Å². The second-order valence-corrected chi connectivity index (χ2v) is 8.87. The fourth-order valence-electron chi connectivity index (χ4n) is 4.18. The predicted octanol–water partition coefficient (Wildman–Crippen LogP) is 5.83. The van der Waals surface area contributed by atoms with Crippen molar-refractivity contribution < 1.29 is 37.4 Å². The van der Waals surface area contributed by atoms with Crippen LogP contribution in [0.2, 0.25) is 5.02 Å². The van der Waals surface area contributed by atoms with Gasteiger partial charge < -0.3 is 14.2 Å². The van der Waals surface area contributed by atoms with Gasteiger partial charge in [-0.05, 0) is 31.5 Å². The SMILES string of the molecule is CCOC(=O)Cc1ccc(N2C(=O)c3c(c(OCC(C)(F)F)c4ccccc4c3OCC)C2=O)c(Cl)c1. The van der Waals surface area contributed by atoms with Crippen LogP contribution in [0, 0.1) is 0 Å². The average molecular weight is 532 g/mol. The maximum absolute atomic E-state index is 13.7. The first kappa shape index (κ1) is 26.3. The molecule has 0 bridgehead atoms. The Morgan fingerprint density at radius 1 is 0.946 bits per heavy atom. The van der Waals surface area contributed by atoms with Crippen LogP contribution in [-0.4, -0.2) is 43.5 Å². The number of imide groups is 1. The van der Waals surface area contributed by atoms with Crippen molar-refractivity contribution in [3.8, 4) is 11.5 Å². The molecule has 1 aliphatic heterocycles. The number of esters is 1.